The molecule has 2 atom stereocenters. The maximum absolute atomic E-state index is 5.92. The summed E-state index contributed by atoms with van der Waals surface area (Å²) in [5, 5.41) is 16.8. The summed E-state index contributed by atoms with van der Waals surface area (Å²) in [5.74, 6) is 0. The first-order chi connectivity index (χ1) is 25.4. The van der Waals surface area contributed by atoms with Crippen LogP contribution in [0.2, 0.25) is 0 Å². The third-order valence-corrected chi connectivity index (χ3v) is 17.0. The Hall–Kier alpha value is -4.62. The molecule has 0 spiro atoms. The number of nitrogens with zero attached hydrogens (tertiary/aromatic N) is 2. The van der Waals surface area contributed by atoms with Gasteiger partial charge in [-0.15, -0.1) is 11.4 Å². The van der Waals surface area contributed by atoms with Crippen molar-refractivity contribution in [2.24, 2.45) is 0 Å². The Morgan fingerprint density at radius 3 is 0.923 bits per heavy atom. The summed E-state index contributed by atoms with van der Waals surface area (Å²) in [6, 6.07) is 57.3. The zero-order chi connectivity index (χ0) is 36.0. The molecule has 0 saturated heterocycles. The monoisotopic (exact) mass is 720 g/mol. The molecular weight excluding hydrogens is 670 g/mol. The van der Waals surface area contributed by atoms with Crippen molar-refractivity contribution >= 4 is 47.0 Å². The molecule has 6 aromatic carbocycles. The molecule has 6 heteroatoms. The van der Waals surface area contributed by atoms with E-state index in [9.17, 15) is 0 Å². The molecule has 0 aliphatic heterocycles. The SMILES string of the molecule is Cc1cccc(C)c1[N-]P(=[NH+][C@H]1CCCC[C@@H]1[NH+]=P([N-]c1c(C)cccc1C)(c1ccccc1)c1ccccc1)(c1ccccc1)c1ccccc1. The van der Waals surface area contributed by atoms with Crippen LogP contribution in [0.15, 0.2) is 158 Å². The molecule has 7 rings (SSSR count). The molecule has 1 fully saturated rings. The fourth-order valence-electron chi connectivity index (χ4n) is 7.61. The van der Waals surface area contributed by atoms with E-state index < -0.39 is 14.4 Å². The number of benzene rings is 6. The van der Waals surface area contributed by atoms with Gasteiger partial charge >= 0.3 is 0 Å². The second-order valence-electron chi connectivity index (χ2n) is 14.0. The largest absolute Gasteiger partial charge is 0.602 e. The summed E-state index contributed by atoms with van der Waals surface area (Å²) in [7, 11) is -5.11. The highest BCUT2D eigenvalue weighted by atomic mass is 31.2. The minimum Gasteiger partial charge on any atom is -0.602 e. The van der Waals surface area contributed by atoms with Crippen LogP contribution in [0.25, 0.3) is 10.2 Å². The molecule has 0 heterocycles. The molecule has 2 N–H and O–H groups in total. The smallest absolute Gasteiger partial charge is 0.206 e. The van der Waals surface area contributed by atoms with Crippen molar-refractivity contribution in [3.05, 3.63) is 190 Å². The standard InChI is InChI=1S/C46H48N4P2/c1-35-21-19-22-36(2)45(35)49-51(39-25-9-5-10-26-39,40-27-11-6-12-28-40)47-43-33-17-18-34-44(43)48-52(41-29-13-7-14-30-41,42-31-15-8-16-32-42)50-46-37(3)23-20-24-38(46)4/h5-16,19-32,43-44H,17-18,33-34H2,1-4H3/q-2/p+2/t43-,44-/m0/s1. The van der Waals surface area contributed by atoms with Gasteiger partial charge in [0, 0.05) is 34.1 Å². The Labute approximate surface area is 311 Å². The van der Waals surface area contributed by atoms with E-state index in [2.05, 4.69) is 195 Å². The molecule has 6 aromatic rings. The molecule has 4 nitrogen and oxygen atoms in total. The maximum atomic E-state index is 5.92. The lowest BCUT2D eigenvalue weighted by molar-refractivity contribution is -0.589. The van der Waals surface area contributed by atoms with Gasteiger partial charge in [0.05, 0.1) is 14.4 Å². The van der Waals surface area contributed by atoms with Gasteiger partial charge < -0.3 is 10.2 Å². The zero-order valence-electron chi connectivity index (χ0n) is 30.8. The fourth-order valence-corrected chi connectivity index (χ4v) is 14.6. The molecule has 0 unspecified atom stereocenters. The maximum Gasteiger partial charge on any atom is 0.206 e. The van der Waals surface area contributed by atoms with E-state index in [1.165, 1.54) is 56.3 Å². The lowest BCUT2D eigenvalue weighted by Crippen LogP contribution is -2.92. The van der Waals surface area contributed by atoms with Crippen molar-refractivity contribution in [2.45, 2.75) is 65.5 Å². The van der Waals surface area contributed by atoms with E-state index in [0.717, 1.165) is 24.2 Å². The highest BCUT2D eigenvalue weighted by Crippen LogP contribution is 2.55. The first kappa shape index (κ1) is 35.8. The van der Waals surface area contributed by atoms with Crippen LogP contribution in [0.3, 0.4) is 0 Å². The van der Waals surface area contributed by atoms with Crippen LogP contribution in [0.1, 0.15) is 47.9 Å². The van der Waals surface area contributed by atoms with Gasteiger partial charge in [-0.2, -0.15) is 0 Å². The van der Waals surface area contributed by atoms with Crippen LogP contribution >= 0.6 is 14.4 Å². The van der Waals surface area contributed by atoms with Crippen molar-refractivity contribution in [2.75, 3.05) is 0 Å². The van der Waals surface area contributed by atoms with Crippen LogP contribution < -0.4 is 30.7 Å². The average molecular weight is 721 g/mol. The van der Waals surface area contributed by atoms with Gasteiger partial charge in [0.2, 0.25) is 12.1 Å². The van der Waals surface area contributed by atoms with Crippen molar-refractivity contribution in [1.82, 2.24) is 0 Å². The minimum absolute atomic E-state index is 0.149. The Bertz CT molecular complexity index is 1930. The lowest BCUT2D eigenvalue weighted by atomic mass is 9.92. The number of hydrogen-bond acceptors (Lipinski definition) is 0. The molecule has 0 aromatic heterocycles. The van der Waals surface area contributed by atoms with E-state index in [1.807, 2.05) is 0 Å². The molecule has 0 amide bonds. The Balaban J connectivity index is 1.51. The van der Waals surface area contributed by atoms with Crippen LogP contribution in [-0.4, -0.2) is 12.1 Å². The second kappa shape index (κ2) is 16.0. The van der Waals surface area contributed by atoms with Crippen LogP contribution in [0.5, 0.6) is 0 Å². The quantitative estimate of drug-likeness (QED) is 0.133. The van der Waals surface area contributed by atoms with Crippen LogP contribution in [0, 0.1) is 27.7 Å². The van der Waals surface area contributed by atoms with Gasteiger partial charge in [-0.1, -0.05) is 180 Å². The minimum atomic E-state index is -2.56. The van der Waals surface area contributed by atoms with Gasteiger partial charge in [-0.05, 0) is 40.5 Å². The first-order valence-corrected chi connectivity index (χ1v) is 22.0. The Kier molecular flexibility index (Phi) is 11.0. The predicted molar refractivity (Wildman–Crippen MR) is 224 cm³/mol. The summed E-state index contributed by atoms with van der Waals surface area (Å²) < 4.78 is 8.85. The van der Waals surface area contributed by atoms with Gasteiger partial charge in [-0.25, -0.2) is 0 Å². The van der Waals surface area contributed by atoms with Crippen molar-refractivity contribution in [3.8, 4) is 0 Å². The van der Waals surface area contributed by atoms with E-state index >= 15 is 0 Å². The lowest BCUT2D eigenvalue weighted by Gasteiger charge is -2.40. The van der Waals surface area contributed by atoms with Gasteiger partial charge in [-0.3, -0.25) is 9.49 Å². The summed E-state index contributed by atoms with van der Waals surface area (Å²) >= 11 is 0. The molecule has 1 saturated carbocycles. The van der Waals surface area contributed by atoms with Gasteiger partial charge in [0.25, 0.3) is 0 Å². The average Bonchev–Trinajstić information content (AvgIpc) is 3.19. The predicted octanol–water partition coefficient (Wildman–Crippen LogP) is 8.64. The third kappa shape index (κ3) is 7.34. The highest BCUT2D eigenvalue weighted by Gasteiger charge is 2.38. The van der Waals surface area contributed by atoms with E-state index in [1.54, 1.807) is 0 Å². The number of nitrogens with one attached hydrogen (secondary N) is 2. The third-order valence-electron chi connectivity index (χ3n) is 10.4. The molecule has 0 bridgehead atoms. The second-order valence-corrected chi connectivity index (χ2v) is 19.6. The Morgan fingerprint density at radius 1 is 0.385 bits per heavy atom. The van der Waals surface area contributed by atoms with Crippen LogP contribution in [-0.2, 0) is 0 Å². The molecule has 1 aliphatic rings. The number of rotatable bonds is 10. The summed E-state index contributed by atoms with van der Waals surface area (Å²) in [4.78, 5) is 0. The Morgan fingerprint density at radius 2 is 0.654 bits per heavy atom. The zero-order valence-corrected chi connectivity index (χ0v) is 32.6. The van der Waals surface area contributed by atoms with Crippen LogP contribution in [0.4, 0.5) is 11.4 Å². The molecule has 52 heavy (non-hydrogen) atoms. The molecule has 0 radical (unpaired) electrons. The summed E-state index contributed by atoms with van der Waals surface area (Å²) in [6.45, 7) is 8.76. The van der Waals surface area contributed by atoms with Gasteiger partial charge in [0.15, 0.2) is 0 Å². The van der Waals surface area contributed by atoms with Crippen molar-refractivity contribution in [3.63, 3.8) is 0 Å². The van der Waals surface area contributed by atoms with Gasteiger partial charge in [0.1, 0.15) is 0 Å². The van der Waals surface area contributed by atoms with E-state index in [0.29, 0.717) is 0 Å². The number of hydrogen-bond donors (Lipinski definition) is 2. The molecule has 264 valence electrons. The number of aryl methyl sites for hydroxylation is 4. The molecular formula is C46H50N4P2. The topological polar surface area (TPSA) is 56.1 Å². The van der Waals surface area contributed by atoms with Crippen molar-refractivity contribution < 1.29 is 9.49 Å². The highest BCUT2D eigenvalue weighted by molar-refractivity contribution is 7.81. The fraction of sp³-hybridized carbons (Fsp3) is 0.217. The van der Waals surface area contributed by atoms with E-state index in [4.69, 9.17) is 10.2 Å². The normalized spacial score (nSPS) is 16.2. The summed E-state index contributed by atoms with van der Waals surface area (Å²) in [5.41, 5.74) is 6.95. The van der Waals surface area contributed by atoms with E-state index in [-0.39, 0.29) is 12.1 Å². The van der Waals surface area contributed by atoms with Crippen molar-refractivity contribution in [1.29, 1.82) is 0 Å². The molecule has 1 aliphatic carbocycles. The summed E-state index contributed by atoms with van der Waals surface area (Å²) in [6.07, 6.45) is 4.43. The first-order valence-electron chi connectivity index (χ1n) is 18.5.